The first kappa shape index (κ1) is 28.7. The summed E-state index contributed by atoms with van der Waals surface area (Å²) in [6, 6.07) is 21.1. The lowest BCUT2D eigenvalue weighted by Crippen LogP contribution is -2.56. The molecule has 3 aromatic rings. The highest BCUT2D eigenvalue weighted by molar-refractivity contribution is 8.14. The number of carboxylic acids is 1. The van der Waals surface area contributed by atoms with Gasteiger partial charge < -0.3 is 20.5 Å². The number of benzene rings is 3. The average Bonchev–Trinajstić information content (AvgIpc) is 2.97. The van der Waals surface area contributed by atoms with Crippen LogP contribution in [0.25, 0.3) is 0 Å². The van der Waals surface area contributed by atoms with Crippen LogP contribution in [0.5, 0.6) is 5.75 Å². The number of hydrogen-bond donors (Lipinski definition) is 3. The standard InChI is InChI=1S/C28H25ClN4O6S/c1-39-21-13-11-20(12-14-21)33-27(38)24(32-26(37)18-5-3-2-4-6-18)25(17-7-9-19(29)10-8-17)40-28(33)31-15-22(34)30-16-23(35)36/h2-14,24-25H,15-16H2,1H3,(H,30,34)(H,32,37)(H,35,36)/t24-,25+/m0/s1. The number of rotatable bonds is 9. The number of hydrogen-bond acceptors (Lipinski definition) is 7. The fourth-order valence-corrected chi connectivity index (χ4v) is 5.31. The second kappa shape index (κ2) is 13.1. The van der Waals surface area contributed by atoms with Crippen LogP contribution >= 0.6 is 23.4 Å². The molecule has 1 heterocycles. The molecule has 0 aromatic heterocycles. The number of halogens is 1. The van der Waals surface area contributed by atoms with Crippen LogP contribution in [0.4, 0.5) is 5.69 Å². The monoisotopic (exact) mass is 580 g/mol. The van der Waals surface area contributed by atoms with Gasteiger partial charge in [-0.15, -0.1) is 0 Å². The van der Waals surface area contributed by atoms with Gasteiger partial charge >= 0.3 is 5.97 Å². The quantitative estimate of drug-likeness (QED) is 0.352. The highest BCUT2D eigenvalue weighted by Gasteiger charge is 2.43. The Morgan fingerprint density at radius 1 is 1.02 bits per heavy atom. The first-order valence-corrected chi connectivity index (χ1v) is 13.3. The summed E-state index contributed by atoms with van der Waals surface area (Å²) < 4.78 is 5.24. The molecule has 12 heteroatoms. The van der Waals surface area contributed by atoms with E-state index in [9.17, 15) is 19.2 Å². The molecule has 3 N–H and O–H groups in total. The van der Waals surface area contributed by atoms with Crippen LogP contribution in [-0.2, 0) is 14.4 Å². The number of amides is 3. The zero-order chi connectivity index (χ0) is 28.6. The van der Waals surface area contributed by atoms with Crippen molar-refractivity contribution >= 4 is 57.9 Å². The molecule has 0 saturated carbocycles. The summed E-state index contributed by atoms with van der Waals surface area (Å²) in [5.74, 6) is -2.15. The lowest BCUT2D eigenvalue weighted by molar-refractivity contribution is -0.137. The lowest BCUT2D eigenvalue weighted by atomic mass is 10.0. The largest absolute Gasteiger partial charge is 0.497 e. The Balaban J connectivity index is 1.74. The SMILES string of the molecule is COc1ccc(N2C(=O)[C@@H](NC(=O)c3ccccc3)[C@@H](c3ccc(Cl)cc3)SC2=NCC(=O)NCC(=O)O)cc1. The Morgan fingerprint density at radius 2 is 1.70 bits per heavy atom. The number of thioether (sulfide) groups is 1. The van der Waals surface area contributed by atoms with Crippen LogP contribution in [-0.4, -0.2) is 60.2 Å². The van der Waals surface area contributed by atoms with Gasteiger partial charge in [-0.25, -0.2) is 0 Å². The molecule has 0 radical (unpaired) electrons. The van der Waals surface area contributed by atoms with E-state index in [0.29, 0.717) is 27.6 Å². The number of amidine groups is 1. The Labute approximate surface area is 239 Å². The van der Waals surface area contributed by atoms with Gasteiger partial charge in [0.1, 0.15) is 24.9 Å². The average molecular weight is 581 g/mol. The second-order valence-electron chi connectivity index (χ2n) is 8.55. The fourth-order valence-electron chi connectivity index (χ4n) is 3.91. The maximum absolute atomic E-state index is 14.1. The number of nitrogens with zero attached hydrogens (tertiary/aromatic N) is 2. The lowest BCUT2D eigenvalue weighted by Gasteiger charge is -2.38. The minimum Gasteiger partial charge on any atom is -0.497 e. The van der Waals surface area contributed by atoms with Gasteiger partial charge in [-0.3, -0.25) is 29.1 Å². The summed E-state index contributed by atoms with van der Waals surface area (Å²) in [6.45, 7) is -0.969. The van der Waals surface area contributed by atoms with Gasteiger partial charge in [0.25, 0.3) is 11.8 Å². The maximum atomic E-state index is 14.1. The summed E-state index contributed by atoms with van der Waals surface area (Å²) in [7, 11) is 1.52. The predicted octanol–water partition coefficient (Wildman–Crippen LogP) is 3.53. The fraction of sp³-hybridized carbons (Fsp3) is 0.179. The number of anilines is 1. The summed E-state index contributed by atoms with van der Waals surface area (Å²) >= 11 is 7.29. The topological polar surface area (TPSA) is 137 Å². The molecule has 1 fully saturated rings. The van der Waals surface area contributed by atoms with E-state index in [1.54, 1.807) is 78.9 Å². The van der Waals surface area contributed by atoms with E-state index in [-0.39, 0.29) is 5.17 Å². The predicted molar refractivity (Wildman–Crippen MR) is 153 cm³/mol. The van der Waals surface area contributed by atoms with E-state index in [1.807, 2.05) is 0 Å². The van der Waals surface area contributed by atoms with Crippen molar-refractivity contribution in [2.24, 2.45) is 4.99 Å². The second-order valence-corrected chi connectivity index (χ2v) is 10.1. The van der Waals surface area contributed by atoms with Crippen molar-refractivity contribution in [2.45, 2.75) is 11.3 Å². The Morgan fingerprint density at radius 3 is 2.33 bits per heavy atom. The molecular weight excluding hydrogens is 556 g/mol. The minimum absolute atomic E-state index is 0.200. The number of carbonyl (C=O) groups excluding carboxylic acids is 3. The van der Waals surface area contributed by atoms with Gasteiger partial charge in [0.15, 0.2) is 5.17 Å². The number of aliphatic carboxylic acids is 1. The molecule has 40 heavy (non-hydrogen) atoms. The van der Waals surface area contributed by atoms with Crippen molar-refractivity contribution in [3.63, 3.8) is 0 Å². The molecule has 1 aliphatic rings. The van der Waals surface area contributed by atoms with Gasteiger partial charge in [0, 0.05) is 10.6 Å². The van der Waals surface area contributed by atoms with Crippen molar-refractivity contribution in [3.05, 3.63) is 95.0 Å². The maximum Gasteiger partial charge on any atom is 0.322 e. The van der Waals surface area contributed by atoms with Gasteiger partial charge in [0.2, 0.25) is 5.91 Å². The zero-order valence-corrected chi connectivity index (χ0v) is 22.8. The Bertz CT molecular complexity index is 1420. The molecule has 4 rings (SSSR count). The van der Waals surface area contributed by atoms with Crippen LogP contribution in [0.15, 0.2) is 83.9 Å². The van der Waals surface area contributed by atoms with E-state index in [4.69, 9.17) is 21.4 Å². The number of carboxylic acid groups (broad SMARTS) is 1. The molecule has 0 aliphatic carbocycles. The van der Waals surface area contributed by atoms with E-state index in [0.717, 1.165) is 0 Å². The number of methoxy groups -OCH3 is 1. The number of carbonyl (C=O) groups is 4. The van der Waals surface area contributed by atoms with Crippen molar-refractivity contribution in [2.75, 3.05) is 25.1 Å². The van der Waals surface area contributed by atoms with Gasteiger partial charge in [-0.2, -0.15) is 0 Å². The Kier molecular flexibility index (Phi) is 9.41. The van der Waals surface area contributed by atoms with Crippen LogP contribution in [0, 0.1) is 0 Å². The summed E-state index contributed by atoms with van der Waals surface area (Å²) in [4.78, 5) is 56.1. The third kappa shape index (κ3) is 6.99. The van der Waals surface area contributed by atoms with Gasteiger partial charge in [-0.05, 0) is 54.1 Å². The van der Waals surface area contributed by atoms with E-state index < -0.39 is 48.1 Å². The highest BCUT2D eigenvalue weighted by atomic mass is 35.5. The summed E-state index contributed by atoms with van der Waals surface area (Å²) in [5, 5.41) is 14.1. The smallest absolute Gasteiger partial charge is 0.322 e. The number of aliphatic imine (C=N–C) groups is 1. The molecule has 1 aliphatic heterocycles. The molecule has 206 valence electrons. The zero-order valence-electron chi connectivity index (χ0n) is 21.2. The Hall–Kier alpha value is -4.35. The minimum atomic E-state index is -1.19. The van der Waals surface area contributed by atoms with Crippen LogP contribution in [0.2, 0.25) is 5.02 Å². The molecule has 1 saturated heterocycles. The molecule has 3 amide bonds. The molecule has 3 aromatic carbocycles. The number of nitrogens with one attached hydrogen (secondary N) is 2. The summed E-state index contributed by atoms with van der Waals surface area (Å²) in [5.41, 5.74) is 1.54. The van der Waals surface area contributed by atoms with Crippen molar-refractivity contribution in [1.82, 2.24) is 10.6 Å². The molecule has 0 unspecified atom stereocenters. The van der Waals surface area contributed by atoms with Crippen LogP contribution in [0.1, 0.15) is 21.2 Å². The molecule has 0 spiro atoms. The normalized spacial score (nSPS) is 17.8. The van der Waals surface area contributed by atoms with Gasteiger partial charge in [-0.1, -0.05) is 53.7 Å². The highest BCUT2D eigenvalue weighted by Crippen LogP contribution is 2.41. The summed E-state index contributed by atoms with van der Waals surface area (Å²) in [6.07, 6.45) is 0. The van der Waals surface area contributed by atoms with Crippen LogP contribution in [0.3, 0.4) is 0 Å². The third-order valence-corrected chi connectivity index (χ3v) is 7.43. The third-order valence-electron chi connectivity index (χ3n) is 5.86. The molecule has 2 atom stereocenters. The molecule has 0 bridgehead atoms. The van der Waals surface area contributed by atoms with Crippen molar-refractivity contribution < 1.29 is 29.0 Å². The van der Waals surface area contributed by atoms with Crippen molar-refractivity contribution in [1.29, 1.82) is 0 Å². The first-order valence-electron chi connectivity index (χ1n) is 12.1. The molecule has 10 nitrogen and oxygen atoms in total. The van der Waals surface area contributed by atoms with E-state index in [2.05, 4.69) is 15.6 Å². The van der Waals surface area contributed by atoms with E-state index in [1.165, 1.54) is 23.8 Å². The van der Waals surface area contributed by atoms with Crippen molar-refractivity contribution in [3.8, 4) is 5.75 Å². The number of ether oxygens (including phenoxy) is 1. The molecular formula is C28H25ClN4O6S. The van der Waals surface area contributed by atoms with E-state index >= 15 is 0 Å². The van der Waals surface area contributed by atoms with Crippen LogP contribution < -0.4 is 20.3 Å². The van der Waals surface area contributed by atoms with Gasteiger partial charge in [0.05, 0.1) is 18.0 Å². The first-order chi connectivity index (χ1) is 19.3.